The maximum atomic E-state index is 12.0. The first-order chi connectivity index (χ1) is 9.60. The van der Waals surface area contributed by atoms with Crippen LogP contribution in [0.25, 0.3) is 11.3 Å². The average molecular weight is 290 g/mol. The van der Waals surface area contributed by atoms with Gasteiger partial charge >= 0.3 is 0 Å². The van der Waals surface area contributed by atoms with Crippen LogP contribution >= 0.6 is 12.6 Å². The third-order valence-corrected chi connectivity index (χ3v) is 3.55. The Morgan fingerprint density at radius 1 is 1.35 bits per heavy atom. The van der Waals surface area contributed by atoms with Gasteiger partial charge in [0.2, 0.25) is 0 Å². The lowest BCUT2D eigenvalue weighted by Gasteiger charge is -2.10. The molecule has 4 nitrogen and oxygen atoms in total. The number of rotatable bonds is 4. The Balaban J connectivity index is 2.57. The fraction of sp³-hybridized carbons (Fsp3) is 0.333. The number of ether oxygens (including phenoxy) is 1. The van der Waals surface area contributed by atoms with Crippen LogP contribution in [-0.2, 0) is 12.3 Å². The molecule has 0 bridgehead atoms. The molecule has 0 amide bonds. The van der Waals surface area contributed by atoms with E-state index < -0.39 is 0 Å². The zero-order chi connectivity index (χ0) is 14.7. The molecule has 0 unspecified atom stereocenters. The molecule has 0 aliphatic carbocycles. The minimum Gasteiger partial charge on any atom is -0.496 e. The lowest BCUT2D eigenvalue weighted by molar-refractivity contribution is 0.412. The minimum absolute atomic E-state index is 0.0727. The van der Waals surface area contributed by atoms with Gasteiger partial charge in [0.05, 0.1) is 12.8 Å². The predicted molar refractivity (Wildman–Crippen MR) is 83.6 cm³/mol. The molecular weight excluding hydrogens is 272 g/mol. The SMILES string of the molecule is CCn1nc(-c2ccc(OC)c(C)c2)cc(CS)c1=O. The second-order valence-corrected chi connectivity index (χ2v) is 4.83. The van der Waals surface area contributed by atoms with Crippen LogP contribution in [0.3, 0.4) is 0 Å². The molecule has 0 fully saturated rings. The highest BCUT2D eigenvalue weighted by atomic mass is 32.1. The molecule has 0 aliphatic rings. The summed E-state index contributed by atoms with van der Waals surface area (Å²) in [4.78, 5) is 12.0. The van der Waals surface area contributed by atoms with E-state index in [2.05, 4.69) is 17.7 Å². The molecule has 0 saturated heterocycles. The number of thiol groups is 1. The van der Waals surface area contributed by atoms with E-state index in [-0.39, 0.29) is 5.56 Å². The summed E-state index contributed by atoms with van der Waals surface area (Å²) in [5.74, 6) is 1.25. The molecule has 1 aromatic heterocycles. The molecule has 20 heavy (non-hydrogen) atoms. The van der Waals surface area contributed by atoms with Gasteiger partial charge in [-0.25, -0.2) is 4.68 Å². The molecule has 5 heteroatoms. The van der Waals surface area contributed by atoms with E-state index >= 15 is 0 Å². The third-order valence-electron chi connectivity index (χ3n) is 3.21. The molecular formula is C15H18N2O2S. The predicted octanol–water partition coefficient (Wildman–Crippen LogP) is 2.68. The minimum atomic E-state index is -0.0727. The monoisotopic (exact) mass is 290 g/mol. The van der Waals surface area contributed by atoms with E-state index in [9.17, 15) is 4.79 Å². The zero-order valence-corrected chi connectivity index (χ0v) is 12.8. The van der Waals surface area contributed by atoms with Gasteiger partial charge in [-0.3, -0.25) is 4.79 Å². The standard InChI is InChI=1S/C15H18N2O2S/c1-4-17-15(18)12(9-20)8-13(16-17)11-5-6-14(19-3)10(2)7-11/h5-8,20H,4,9H2,1-3H3. The fourth-order valence-electron chi connectivity index (χ4n) is 2.10. The van der Waals surface area contributed by atoms with Gasteiger partial charge in [0.1, 0.15) is 5.75 Å². The van der Waals surface area contributed by atoms with Crippen molar-refractivity contribution in [2.75, 3.05) is 7.11 Å². The van der Waals surface area contributed by atoms with Crippen LogP contribution in [0.15, 0.2) is 29.1 Å². The van der Waals surface area contributed by atoms with Gasteiger partial charge in [-0.05, 0) is 43.7 Å². The molecule has 1 heterocycles. The van der Waals surface area contributed by atoms with Crippen molar-refractivity contribution in [2.45, 2.75) is 26.1 Å². The van der Waals surface area contributed by atoms with Crippen molar-refractivity contribution >= 4 is 12.6 Å². The van der Waals surface area contributed by atoms with Gasteiger partial charge in [-0.15, -0.1) is 0 Å². The first-order valence-corrected chi connectivity index (χ1v) is 7.10. The topological polar surface area (TPSA) is 44.1 Å². The lowest BCUT2D eigenvalue weighted by Crippen LogP contribution is -2.25. The summed E-state index contributed by atoms with van der Waals surface area (Å²) >= 11 is 4.22. The van der Waals surface area contributed by atoms with Crippen molar-refractivity contribution in [2.24, 2.45) is 0 Å². The van der Waals surface area contributed by atoms with Crippen molar-refractivity contribution in [3.05, 3.63) is 45.7 Å². The van der Waals surface area contributed by atoms with Crippen molar-refractivity contribution in [1.29, 1.82) is 0 Å². The summed E-state index contributed by atoms with van der Waals surface area (Å²) < 4.78 is 6.73. The Morgan fingerprint density at radius 3 is 2.65 bits per heavy atom. The molecule has 0 radical (unpaired) electrons. The smallest absolute Gasteiger partial charge is 0.270 e. The largest absolute Gasteiger partial charge is 0.496 e. The Labute approximate surface area is 123 Å². The number of benzene rings is 1. The van der Waals surface area contributed by atoms with Crippen molar-refractivity contribution < 1.29 is 4.74 Å². The second kappa shape index (κ2) is 6.13. The van der Waals surface area contributed by atoms with Gasteiger partial charge in [0, 0.05) is 23.4 Å². The number of aryl methyl sites for hydroxylation is 2. The van der Waals surface area contributed by atoms with Crippen LogP contribution in [-0.4, -0.2) is 16.9 Å². The van der Waals surface area contributed by atoms with Crippen molar-refractivity contribution in [1.82, 2.24) is 9.78 Å². The summed E-state index contributed by atoms with van der Waals surface area (Å²) in [6.07, 6.45) is 0. The Kier molecular flexibility index (Phi) is 4.49. The molecule has 106 valence electrons. The quantitative estimate of drug-likeness (QED) is 0.881. The molecule has 0 aliphatic heterocycles. The molecule has 2 rings (SSSR count). The maximum Gasteiger partial charge on any atom is 0.270 e. The van der Waals surface area contributed by atoms with Crippen LogP contribution in [0.2, 0.25) is 0 Å². The Bertz CT molecular complexity index is 652. The summed E-state index contributed by atoms with van der Waals surface area (Å²) in [6.45, 7) is 4.43. The van der Waals surface area contributed by atoms with Gasteiger partial charge in [0.15, 0.2) is 0 Å². The van der Waals surface area contributed by atoms with Crippen LogP contribution in [0.4, 0.5) is 0 Å². The molecule has 0 atom stereocenters. The molecule has 1 aromatic carbocycles. The molecule has 0 spiro atoms. The molecule has 0 saturated carbocycles. The van der Waals surface area contributed by atoms with E-state index in [0.717, 1.165) is 22.6 Å². The number of aromatic nitrogens is 2. The third kappa shape index (κ3) is 2.72. The zero-order valence-electron chi connectivity index (χ0n) is 11.9. The van der Waals surface area contributed by atoms with E-state index in [0.29, 0.717) is 17.9 Å². The summed E-state index contributed by atoms with van der Waals surface area (Å²) in [5, 5.41) is 4.40. The first-order valence-electron chi connectivity index (χ1n) is 6.47. The second-order valence-electron chi connectivity index (χ2n) is 4.52. The Morgan fingerprint density at radius 2 is 2.10 bits per heavy atom. The normalized spacial score (nSPS) is 10.6. The van der Waals surface area contributed by atoms with Gasteiger partial charge < -0.3 is 4.74 Å². The maximum absolute atomic E-state index is 12.0. The first kappa shape index (κ1) is 14.7. The number of hydrogen-bond donors (Lipinski definition) is 1. The summed E-state index contributed by atoms with van der Waals surface area (Å²) in [5.41, 5.74) is 3.37. The van der Waals surface area contributed by atoms with Gasteiger partial charge in [-0.1, -0.05) is 0 Å². The average Bonchev–Trinajstić information content (AvgIpc) is 2.47. The van der Waals surface area contributed by atoms with Crippen molar-refractivity contribution in [3.63, 3.8) is 0 Å². The highest BCUT2D eigenvalue weighted by molar-refractivity contribution is 7.79. The van der Waals surface area contributed by atoms with E-state index in [1.165, 1.54) is 4.68 Å². The molecule has 2 aromatic rings. The van der Waals surface area contributed by atoms with Crippen LogP contribution < -0.4 is 10.3 Å². The molecule has 0 N–H and O–H groups in total. The van der Waals surface area contributed by atoms with Gasteiger partial charge in [0.25, 0.3) is 5.56 Å². The fourth-order valence-corrected chi connectivity index (χ4v) is 2.33. The van der Waals surface area contributed by atoms with E-state index in [1.54, 1.807) is 7.11 Å². The van der Waals surface area contributed by atoms with E-state index in [1.807, 2.05) is 38.1 Å². The van der Waals surface area contributed by atoms with Crippen LogP contribution in [0.5, 0.6) is 5.75 Å². The van der Waals surface area contributed by atoms with E-state index in [4.69, 9.17) is 4.74 Å². The Hall–Kier alpha value is -1.75. The highest BCUT2D eigenvalue weighted by Gasteiger charge is 2.09. The summed E-state index contributed by atoms with van der Waals surface area (Å²) in [7, 11) is 1.65. The van der Waals surface area contributed by atoms with Crippen LogP contribution in [0, 0.1) is 6.92 Å². The number of hydrogen-bond acceptors (Lipinski definition) is 4. The highest BCUT2D eigenvalue weighted by Crippen LogP contribution is 2.24. The summed E-state index contributed by atoms with van der Waals surface area (Å²) in [6, 6.07) is 7.67. The van der Waals surface area contributed by atoms with Gasteiger partial charge in [-0.2, -0.15) is 17.7 Å². The van der Waals surface area contributed by atoms with Crippen LogP contribution in [0.1, 0.15) is 18.1 Å². The lowest BCUT2D eigenvalue weighted by atomic mass is 10.1. The van der Waals surface area contributed by atoms with Crippen molar-refractivity contribution in [3.8, 4) is 17.0 Å². The number of nitrogens with zero attached hydrogens (tertiary/aromatic N) is 2. The number of methoxy groups -OCH3 is 1.